The monoisotopic (exact) mass is 297 g/mol. The van der Waals surface area contributed by atoms with Crippen molar-refractivity contribution in [3.05, 3.63) is 58.1 Å². The van der Waals surface area contributed by atoms with E-state index in [2.05, 4.69) is 6.07 Å². The van der Waals surface area contributed by atoms with Crippen LogP contribution in [0.4, 0.5) is 0 Å². The number of halogens is 1. The number of hydrogen-bond donors (Lipinski definition) is 1. The standard InChI is InChI=1S/C17H12ClNO2/c1-10-14-7-12(20)3-5-17(14)21-9-15(10)13-4-2-11(8-19)6-16(13)18/h2-7,20H,9H2,1H3. The minimum absolute atomic E-state index is 0.198. The lowest BCUT2D eigenvalue weighted by Gasteiger charge is -2.23. The molecule has 0 amide bonds. The molecule has 4 heteroatoms. The molecule has 0 saturated carbocycles. The van der Waals surface area contributed by atoms with E-state index in [1.165, 1.54) is 0 Å². The highest BCUT2D eigenvalue weighted by Crippen LogP contribution is 2.40. The van der Waals surface area contributed by atoms with Crippen LogP contribution in [0.15, 0.2) is 36.4 Å². The first-order chi connectivity index (χ1) is 10.1. The van der Waals surface area contributed by atoms with Gasteiger partial charge in [0, 0.05) is 21.7 Å². The molecule has 0 unspecified atom stereocenters. The van der Waals surface area contributed by atoms with E-state index in [-0.39, 0.29) is 5.75 Å². The van der Waals surface area contributed by atoms with Crippen LogP contribution in [0, 0.1) is 11.3 Å². The normalized spacial score (nSPS) is 13.4. The minimum Gasteiger partial charge on any atom is -0.508 e. The Morgan fingerprint density at radius 1 is 1.19 bits per heavy atom. The largest absolute Gasteiger partial charge is 0.508 e. The predicted octanol–water partition coefficient (Wildman–Crippen LogP) is 4.24. The Morgan fingerprint density at radius 2 is 2.00 bits per heavy atom. The van der Waals surface area contributed by atoms with Gasteiger partial charge in [-0.1, -0.05) is 17.7 Å². The molecule has 0 atom stereocenters. The molecule has 1 aliphatic heterocycles. The van der Waals surface area contributed by atoms with E-state index in [9.17, 15) is 5.11 Å². The van der Waals surface area contributed by atoms with E-state index in [1.807, 2.05) is 13.0 Å². The third-order valence-electron chi connectivity index (χ3n) is 3.62. The summed E-state index contributed by atoms with van der Waals surface area (Å²) in [5.74, 6) is 0.947. The van der Waals surface area contributed by atoms with Gasteiger partial charge in [0.05, 0.1) is 11.6 Å². The van der Waals surface area contributed by atoms with E-state index < -0.39 is 0 Å². The Labute approximate surface area is 127 Å². The molecule has 0 radical (unpaired) electrons. The summed E-state index contributed by atoms with van der Waals surface area (Å²) in [5, 5.41) is 19.1. The maximum atomic E-state index is 9.65. The first kappa shape index (κ1) is 13.5. The lowest BCUT2D eigenvalue weighted by atomic mass is 9.93. The number of nitriles is 1. The highest BCUT2D eigenvalue weighted by molar-refractivity contribution is 6.32. The molecule has 3 rings (SSSR count). The minimum atomic E-state index is 0.198. The topological polar surface area (TPSA) is 53.2 Å². The van der Waals surface area contributed by atoms with Crippen molar-refractivity contribution in [2.45, 2.75) is 6.92 Å². The van der Waals surface area contributed by atoms with E-state index in [0.29, 0.717) is 17.2 Å². The third-order valence-corrected chi connectivity index (χ3v) is 3.93. The third kappa shape index (κ3) is 2.35. The number of phenolic OH excluding ortho intramolecular Hbond substituents is 1. The second-order valence-electron chi connectivity index (χ2n) is 4.88. The summed E-state index contributed by atoms with van der Waals surface area (Å²) in [5.41, 5.74) is 4.21. The van der Waals surface area contributed by atoms with Crippen molar-refractivity contribution in [1.82, 2.24) is 0 Å². The summed E-state index contributed by atoms with van der Waals surface area (Å²) < 4.78 is 5.73. The molecule has 2 aromatic carbocycles. The smallest absolute Gasteiger partial charge is 0.127 e. The summed E-state index contributed by atoms with van der Waals surface area (Å²) in [6.07, 6.45) is 0. The lowest BCUT2D eigenvalue weighted by molar-refractivity contribution is 0.363. The van der Waals surface area contributed by atoms with Crippen LogP contribution in [-0.2, 0) is 0 Å². The average Bonchev–Trinajstić information content (AvgIpc) is 2.49. The number of ether oxygens (including phenoxy) is 1. The number of nitrogens with zero attached hydrogens (tertiary/aromatic N) is 1. The van der Waals surface area contributed by atoms with Crippen molar-refractivity contribution in [2.24, 2.45) is 0 Å². The summed E-state index contributed by atoms with van der Waals surface area (Å²) in [6, 6.07) is 12.3. The second kappa shape index (κ2) is 5.16. The average molecular weight is 298 g/mol. The van der Waals surface area contributed by atoms with Crippen LogP contribution < -0.4 is 4.74 Å². The molecular formula is C17H12ClNO2. The van der Waals surface area contributed by atoms with Gasteiger partial charge in [-0.3, -0.25) is 0 Å². The molecule has 104 valence electrons. The number of aromatic hydroxyl groups is 1. The van der Waals surface area contributed by atoms with Crippen molar-refractivity contribution in [3.63, 3.8) is 0 Å². The van der Waals surface area contributed by atoms with Crippen molar-refractivity contribution in [3.8, 4) is 17.6 Å². The lowest BCUT2D eigenvalue weighted by Crippen LogP contribution is -2.10. The fourth-order valence-electron chi connectivity index (χ4n) is 2.47. The first-order valence-corrected chi connectivity index (χ1v) is 6.84. The van der Waals surface area contributed by atoms with Gasteiger partial charge in [0.15, 0.2) is 0 Å². The molecule has 0 aromatic heterocycles. The van der Waals surface area contributed by atoms with Crippen molar-refractivity contribution < 1.29 is 9.84 Å². The Balaban J connectivity index is 2.15. The zero-order valence-corrected chi connectivity index (χ0v) is 12.1. The van der Waals surface area contributed by atoms with Crippen molar-refractivity contribution >= 4 is 22.7 Å². The van der Waals surface area contributed by atoms with Crippen LogP contribution in [0.5, 0.6) is 11.5 Å². The molecule has 0 fully saturated rings. The molecule has 1 N–H and O–H groups in total. The predicted molar refractivity (Wildman–Crippen MR) is 82.3 cm³/mol. The van der Waals surface area contributed by atoms with Gasteiger partial charge in [-0.2, -0.15) is 5.26 Å². The number of phenols is 1. The quantitative estimate of drug-likeness (QED) is 0.856. The Morgan fingerprint density at radius 3 is 2.71 bits per heavy atom. The van der Waals surface area contributed by atoms with E-state index in [4.69, 9.17) is 21.6 Å². The molecule has 2 aromatic rings. The number of hydrogen-bond acceptors (Lipinski definition) is 3. The van der Waals surface area contributed by atoms with Gasteiger partial charge >= 0.3 is 0 Å². The number of benzene rings is 2. The Hall–Kier alpha value is -2.44. The van der Waals surface area contributed by atoms with Gasteiger partial charge in [0.1, 0.15) is 18.1 Å². The fraction of sp³-hybridized carbons (Fsp3) is 0.118. The molecule has 0 spiro atoms. The molecule has 1 heterocycles. The van der Waals surface area contributed by atoms with Crippen LogP contribution in [-0.4, -0.2) is 11.7 Å². The SMILES string of the molecule is CC1=C(c2ccc(C#N)cc2Cl)COc2ccc(O)cc21. The van der Waals surface area contributed by atoms with Crippen LogP contribution in [0.1, 0.15) is 23.6 Å². The highest BCUT2D eigenvalue weighted by Gasteiger charge is 2.20. The van der Waals surface area contributed by atoms with E-state index in [0.717, 1.165) is 28.0 Å². The zero-order chi connectivity index (χ0) is 15.0. The van der Waals surface area contributed by atoms with Gasteiger partial charge in [-0.25, -0.2) is 0 Å². The molecule has 0 saturated heterocycles. The molecule has 0 bridgehead atoms. The van der Waals surface area contributed by atoms with Crippen LogP contribution in [0.2, 0.25) is 5.02 Å². The summed E-state index contributed by atoms with van der Waals surface area (Å²) in [7, 11) is 0. The Bertz CT molecular complexity index is 803. The number of rotatable bonds is 1. The second-order valence-corrected chi connectivity index (χ2v) is 5.29. The van der Waals surface area contributed by atoms with Gasteiger partial charge in [-0.05, 0) is 42.8 Å². The fourth-order valence-corrected chi connectivity index (χ4v) is 2.76. The molecule has 3 nitrogen and oxygen atoms in total. The highest BCUT2D eigenvalue weighted by atomic mass is 35.5. The van der Waals surface area contributed by atoms with E-state index in [1.54, 1.807) is 30.3 Å². The van der Waals surface area contributed by atoms with Gasteiger partial charge in [0.25, 0.3) is 0 Å². The van der Waals surface area contributed by atoms with Crippen LogP contribution in [0.25, 0.3) is 11.1 Å². The van der Waals surface area contributed by atoms with Crippen molar-refractivity contribution in [1.29, 1.82) is 5.26 Å². The number of allylic oxidation sites excluding steroid dienone is 1. The molecular weight excluding hydrogens is 286 g/mol. The Kier molecular flexibility index (Phi) is 3.32. The maximum Gasteiger partial charge on any atom is 0.127 e. The zero-order valence-electron chi connectivity index (χ0n) is 11.4. The van der Waals surface area contributed by atoms with Crippen LogP contribution >= 0.6 is 11.6 Å². The van der Waals surface area contributed by atoms with Crippen molar-refractivity contribution in [2.75, 3.05) is 6.61 Å². The summed E-state index contributed by atoms with van der Waals surface area (Å²) in [6.45, 7) is 2.39. The van der Waals surface area contributed by atoms with Gasteiger partial charge in [0.2, 0.25) is 0 Å². The summed E-state index contributed by atoms with van der Waals surface area (Å²) >= 11 is 6.27. The molecule has 21 heavy (non-hydrogen) atoms. The maximum absolute atomic E-state index is 9.65. The van der Waals surface area contributed by atoms with Crippen LogP contribution in [0.3, 0.4) is 0 Å². The van der Waals surface area contributed by atoms with E-state index >= 15 is 0 Å². The molecule has 0 aliphatic carbocycles. The number of fused-ring (bicyclic) bond motifs is 1. The molecule has 1 aliphatic rings. The van der Waals surface area contributed by atoms with Gasteiger partial charge < -0.3 is 9.84 Å². The first-order valence-electron chi connectivity index (χ1n) is 6.46. The summed E-state index contributed by atoms with van der Waals surface area (Å²) in [4.78, 5) is 0. The van der Waals surface area contributed by atoms with Gasteiger partial charge in [-0.15, -0.1) is 0 Å².